The van der Waals surface area contributed by atoms with Crippen molar-refractivity contribution in [3.8, 4) is 0 Å². The Morgan fingerprint density at radius 2 is 2.07 bits per heavy atom. The third-order valence-electron chi connectivity index (χ3n) is 3.72. The highest BCUT2D eigenvalue weighted by Crippen LogP contribution is 2.34. The Labute approximate surface area is 90.4 Å². The van der Waals surface area contributed by atoms with Gasteiger partial charge >= 0.3 is 0 Å². The fourth-order valence-electron chi connectivity index (χ4n) is 2.88. The summed E-state index contributed by atoms with van der Waals surface area (Å²) >= 11 is 0. The number of nitrogens with zero attached hydrogens (tertiary/aromatic N) is 1. The molecule has 2 unspecified atom stereocenters. The van der Waals surface area contributed by atoms with E-state index in [1.807, 2.05) is 12.4 Å². The van der Waals surface area contributed by atoms with Gasteiger partial charge in [-0.25, -0.2) is 4.99 Å². The molecular weight excluding hydrogens is 186 g/mol. The van der Waals surface area contributed by atoms with Crippen LogP contribution in [0.5, 0.6) is 0 Å². The van der Waals surface area contributed by atoms with E-state index in [-0.39, 0.29) is 0 Å². The van der Waals surface area contributed by atoms with E-state index in [1.54, 1.807) is 0 Å². The molecule has 0 amide bonds. The van der Waals surface area contributed by atoms with Crippen LogP contribution < -0.4 is 10.6 Å². The fourth-order valence-corrected chi connectivity index (χ4v) is 2.88. The molecule has 0 radical (unpaired) electrons. The molecule has 80 valence electrons. The molecule has 3 aliphatic rings. The zero-order chi connectivity index (χ0) is 10.1. The van der Waals surface area contributed by atoms with Gasteiger partial charge in [-0.15, -0.1) is 0 Å². The van der Waals surface area contributed by atoms with Crippen molar-refractivity contribution in [3.05, 3.63) is 24.6 Å². The lowest BCUT2D eigenvalue weighted by Gasteiger charge is -2.33. The predicted molar refractivity (Wildman–Crippen MR) is 61.4 cm³/mol. The molecule has 3 nitrogen and oxygen atoms in total. The SMILES string of the molecule is C1=CC(C2CCNCC2)C2C=CNC2=N1. The lowest BCUT2D eigenvalue weighted by Crippen LogP contribution is -2.37. The molecule has 0 aliphatic carbocycles. The summed E-state index contributed by atoms with van der Waals surface area (Å²) < 4.78 is 0. The first kappa shape index (κ1) is 9.16. The smallest absolute Gasteiger partial charge is 0.113 e. The molecule has 1 fully saturated rings. The number of hydrogen-bond donors (Lipinski definition) is 2. The van der Waals surface area contributed by atoms with Crippen molar-refractivity contribution in [1.29, 1.82) is 0 Å². The van der Waals surface area contributed by atoms with Crippen molar-refractivity contribution in [2.24, 2.45) is 22.7 Å². The van der Waals surface area contributed by atoms with Crippen LogP contribution in [-0.2, 0) is 0 Å². The van der Waals surface area contributed by atoms with Crippen LogP contribution in [0.3, 0.4) is 0 Å². The van der Waals surface area contributed by atoms with Crippen molar-refractivity contribution in [2.45, 2.75) is 12.8 Å². The number of fused-ring (bicyclic) bond motifs is 1. The fraction of sp³-hybridized carbons (Fsp3) is 0.583. The number of allylic oxidation sites excluding steroid dienone is 1. The molecule has 0 spiro atoms. The summed E-state index contributed by atoms with van der Waals surface area (Å²) in [6.07, 6.45) is 11.2. The standard InChI is InChI=1S/C12H17N3/c1-5-13-6-2-9(1)10-3-7-14-12-11(10)4-8-15-12/h3-4,7-11,13H,1-2,5-6H2,(H,14,15). The van der Waals surface area contributed by atoms with Crippen LogP contribution in [-0.4, -0.2) is 18.9 Å². The van der Waals surface area contributed by atoms with Crippen LogP contribution in [0.4, 0.5) is 0 Å². The second kappa shape index (κ2) is 3.81. The zero-order valence-corrected chi connectivity index (χ0v) is 8.82. The van der Waals surface area contributed by atoms with E-state index in [1.165, 1.54) is 25.9 Å². The molecule has 0 aromatic heterocycles. The maximum absolute atomic E-state index is 4.38. The van der Waals surface area contributed by atoms with Crippen LogP contribution >= 0.6 is 0 Å². The van der Waals surface area contributed by atoms with E-state index in [9.17, 15) is 0 Å². The summed E-state index contributed by atoms with van der Waals surface area (Å²) in [5, 5.41) is 6.66. The molecule has 0 bridgehead atoms. The first-order chi connectivity index (χ1) is 7.45. The zero-order valence-electron chi connectivity index (χ0n) is 8.82. The third kappa shape index (κ3) is 1.61. The minimum atomic E-state index is 0.512. The average molecular weight is 203 g/mol. The number of piperidine rings is 1. The summed E-state index contributed by atoms with van der Waals surface area (Å²) in [5.41, 5.74) is 0. The lowest BCUT2D eigenvalue weighted by molar-refractivity contribution is 0.279. The quantitative estimate of drug-likeness (QED) is 0.673. The largest absolute Gasteiger partial charge is 0.350 e. The summed E-state index contributed by atoms with van der Waals surface area (Å²) in [6.45, 7) is 2.34. The first-order valence-electron chi connectivity index (χ1n) is 5.83. The molecule has 0 aromatic rings. The minimum Gasteiger partial charge on any atom is -0.350 e. The average Bonchev–Trinajstić information content (AvgIpc) is 2.78. The maximum atomic E-state index is 4.38. The normalized spacial score (nSPS) is 34.8. The number of amidine groups is 1. The van der Waals surface area contributed by atoms with Crippen molar-refractivity contribution in [1.82, 2.24) is 10.6 Å². The van der Waals surface area contributed by atoms with E-state index >= 15 is 0 Å². The van der Waals surface area contributed by atoms with Crippen molar-refractivity contribution < 1.29 is 0 Å². The van der Waals surface area contributed by atoms with Gasteiger partial charge in [-0.3, -0.25) is 0 Å². The van der Waals surface area contributed by atoms with Crippen LogP contribution in [0.1, 0.15) is 12.8 Å². The number of rotatable bonds is 1. The highest BCUT2D eigenvalue weighted by molar-refractivity contribution is 5.90. The van der Waals surface area contributed by atoms with E-state index < -0.39 is 0 Å². The van der Waals surface area contributed by atoms with Crippen LogP contribution in [0.2, 0.25) is 0 Å². The Kier molecular flexibility index (Phi) is 2.33. The molecule has 2 atom stereocenters. The molecule has 3 heterocycles. The van der Waals surface area contributed by atoms with Gasteiger partial charge in [-0.1, -0.05) is 12.2 Å². The molecule has 2 N–H and O–H groups in total. The topological polar surface area (TPSA) is 36.4 Å². The predicted octanol–water partition coefficient (Wildman–Crippen LogP) is 1.26. The third-order valence-corrected chi connectivity index (χ3v) is 3.72. The van der Waals surface area contributed by atoms with Gasteiger partial charge in [-0.05, 0) is 44.0 Å². The van der Waals surface area contributed by atoms with E-state index in [4.69, 9.17) is 0 Å². The number of nitrogens with one attached hydrogen (secondary N) is 2. The van der Waals surface area contributed by atoms with Gasteiger partial charge in [0.25, 0.3) is 0 Å². The Morgan fingerprint density at radius 1 is 1.20 bits per heavy atom. The Morgan fingerprint density at radius 3 is 2.93 bits per heavy atom. The van der Waals surface area contributed by atoms with E-state index in [2.05, 4.69) is 27.8 Å². The van der Waals surface area contributed by atoms with Gasteiger partial charge in [0.05, 0.1) is 0 Å². The summed E-state index contributed by atoms with van der Waals surface area (Å²) in [5.74, 6) is 3.13. The molecule has 3 heteroatoms. The van der Waals surface area contributed by atoms with Gasteiger partial charge < -0.3 is 10.6 Å². The Balaban J connectivity index is 1.78. The molecule has 3 rings (SSSR count). The van der Waals surface area contributed by atoms with Gasteiger partial charge in [0.15, 0.2) is 0 Å². The van der Waals surface area contributed by atoms with E-state index in [0.717, 1.165) is 11.8 Å². The summed E-state index contributed by atoms with van der Waals surface area (Å²) in [4.78, 5) is 4.38. The Hall–Kier alpha value is -1.09. The van der Waals surface area contributed by atoms with Crippen LogP contribution in [0, 0.1) is 17.8 Å². The van der Waals surface area contributed by atoms with Gasteiger partial charge in [-0.2, -0.15) is 0 Å². The lowest BCUT2D eigenvalue weighted by atomic mass is 9.76. The molecule has 0 saturated carbocycles. The molecule has 0 aromatic carbocycles. The van der Waals surface area contributed by atoms with E-state index in [0.29, 0.717) is 11.8 Å². The highest BCUT2D eigenvalue weighted by Gasteiger charge is 2.33. The van der Waals surface area contributed by atoms with Gasteiger partial charge in [0, 0.05) is 12.1 Å². The number of hydrogen-bond acceptors (Lipinski definition) is 3. The van der Waals surface area contributed by atoms with Gasteiger partial charge in [0.1, 0.15) is 5.84 Å². The highest BCUT2D eigenvalue weighted by atomic mass is 15.0. The second-order valence-corrected chi connectivity index (χ2v) is 4.55. The maximum Gasteiger partial charge on any atom is 0.113 e. The summed E-state index contributed by atoms with van der Waals surface area (Å²) in [7, 11) is 0. The Bertz CT molecular complexity index is 324. The molecular formula is C12H17N3. The van der Waals surface area contributed by atoms with Crippen molar-refractivity contribution >= 4 is 5.84 Å². The monoisotopic (exact) mass is 203 g/mol. The second-order valence-electron chi connectivity index (χ2n) is 4.55. The van der Waals surface area contributed by atoms with Crippen molar-refractivity contribution in [2.75, 3.05) is 13.1 Å². The van der Waals surface area contributed by atoms with Crippen LogP contribution in [0.25, 0.3) is 0 Å². The summed E-state index contributed by atoms with van der Waals surface area (Å²) in [6, 6.07) is 0. The minimum absolute atomic E-state index is 0.512. The van der Waals surface area contributed by atoms with Gasteiger partial charge in [0.2, 0.25) is 0 Å². The molecule has 3 aliphatic heterocycles. The molecule has 15 heavy (non-hydrogen) atoms. The van der Waals surface area contributed by atoms with Crippen LogP contribution in [0.15, 0.2) is 29.5 Å². The molecule has 1 saturated heterocycles. The number of aliphatic imine (C=N–C) groups is 1. The first-order valence-corrected chi connectivity index (χ1v) is 5.83. The van der Waals surface area contributed by atoms with Crippen molar-refractivity contribution in [3.63, 3.8) is 0 Å².